The second-order valence-electron chi connectivity index (χ2n) is 14.4. The predicted octanol–water partition coefficient (Wildman–Crippen LogP) is 4.92. The van der Waals surface area contributed by atoms with Gasteiger partial charge in [0.05, 0.1) is 12.2 Å². The zero-order chi connectivity index (χ0) is 40.5. The maximum absolute atomic E-state index is 11.9. The molecule has 2 atom stereocenters. The zero-order valence-corrected chi connectivity index (χ0v) is 36.4. The number of halogens is 1. The van der Waals surface area contributed by atoms with Crippen LogP contribution in [0, 0.1) is 0 Å². The summed E-state index contributed by atoms with van der Waals surface area (Å²) in [5, 5.41) is 5.71. The fraction of sp³-hybridized carbons (Fsp3) is 0.950. The number of amides is 2. The molecule has 0 radical (unpaired) electrons. The smallest absolute Gasteiger partial charge is 0.246 e. The molecule has 0 aromatic carbocycles. The van der Waals surface area contributed by atoms with Gasteiger partial charge in [-0.2, -0.15) is 5.54 Å². The number of likely N-dealkylation sites (N-methyl/N-ethyl adjacent to an activating group) is 2. The Balaban J connectivity index is -0.000000856. The van der Waals surface area contributed by atoms with Crippen LogP contribution in [-0.2, 0) is 19.1 Å². The van der Waals surface area contributed by atoms with Gasteiger partial charge in [-0.3, -0.25) is 9.59 Å². The monoisotopic (exact) mass is 765 g/mol. The normalized spacial score (nSPS) is 12.4. The van der Waals surface area contributed by atoms with Crippen LogP contribution >= 0.6 is 0 Å². The third-order valence-electron chi connectivity index (χ3n) is 8.58. The van der Waals surface area contributed by atoms with Crippen molar-refractivity contribution < 1.29 is 23.5 Å². The highest BCUT2D eigenvalue weighted by molar-refractivity contribution is 5.77. The highest BCUT2D eigenvalue weighted by Crippen LogP contribution is 2.06. The largest absolute Gasteiger partial charge is 0.367 e. The van der Waals surface area contributed by atoms with E-state index in [9.17, 15) is 14.1 Å². The van der Waals surface area contributed by atoms with Crippen molar-refractivity contribution in [1.29, 1.82) is 0 Å². The van der Waals surface area contributed by atoms with Crippen molar-refractivity contribution in [3.05, 3.63) is 0 Å². The Kier molecular flexibility index (Phi) is 45.6. The van der Waals surface area contributed by atoms with E-state index >= 15 is 0 Å². The van der Waals surface area contributed by atoms with Gasteiger partial charge in [0.2, 0.25) is 11.8 Å². The zero-order valence-electron chi connectivity index (χ0n) is 36.4. The first-order chi connectivity index (χ1) is 25.5. The number of unbranched alkanes of at least 4 members (excludes halogenated alkanes) is 3. The second kappa shape index (κ2) is 43.3. The molecule has 0 spiro atoms. The van der Waals surface area contributed by atoms with E-state index in [1.165, 1.54) is 32.1 Å². The number of ether oxygens (including phenoxy) is 2. The van der Waals surface area contributed by atoms with E-state index in [1.54, 1.807) is 5.54 Å². The molecule has 0 aliphatic carbocycles. The van der Waals surface area contributed by atoms with Crippen LogP contribution in [0.25, 0.3) is 0 Å². The summed E-state index contributed by atoms with van der Waals surface area (Å²) >= 11 is 0. The first-order valence-corrected chi connectivity index (χ1v) is 21.0. The summed E-state index contributed by atoms with van der Waals surface area (Å²) in [6.45, 7) is 23.1. The lowest BCUT2D eigenvalue weighted by Crippen LogP contribution is -2.37. The first kappa shape index (κ1) is 55.9. The van der Waals surface area contributed by atoms with E-state index in [0.717, 1.165) is 104 Å². The van der Waals surface area contributed by atoms with Gasteiger partial charge < -0.3 is 45.4 Å². The highest BCUT2D eigenvalue weighted by Gasteiger charge is 2.16. The average molecular weight is 765 g/mol. The third kappa shape index (κ3) is 43.1. The Bertz CT molecular complexity index is 772. The summed E-state index contributed by atoms with van der Waals surface area (Å²) in [5.74, 6) is -0.0695. The van der Waals surface area contributed by atoms with Crippen molar-refractivity contribution >= 4 is 11.8 Å². The number of nitrogens with two attached hydrogens (primary N) is 1. The van der Waals surface area contributed by atoms with Crippen LogP contribution in [0.4, 0.5) is 4.48 Å². The van der Waals surface area contributed by atoms with Crippen LogP contribution in [-0.4, -0.2) is 164 Å². The summed E-state index contributed by atoms with van der Waals surface area (Å²) in [5.41, 5.74) is 7.24. The van der Waals surface area contributed by atoms with Crippen molar-refractivity contribution in [2.45, 2.75) is 131 Å². The molecule has 0 saturated carbocycles. The van der Waals surface area contributed by atoms with Crippen molar-refractivity contribution in [3.8, 4) is 0 Å². The lowest BCUT2D eigenvalue weighted by atomic mass is 10.2. The van der Waals surface area contributed by atoms with E-state index < -0.39 is 0 Å². The standard InChI is InChI=1S/C18H39FN4O2.C18H40N4O2.C4H10/c1-5-7-12-23(4)15-17(25-16-18(24)20-10-6-2)9-14-22(3)13-8-11-21-19;1-5-7-12-22(4)15-17(9-14-21(3)13-8-10-19)24-16-18(23)20-11-6-2;1-3-4-2/h17,21H,5-16H2,1-4H3,(H,20,24);17H,5-16,19H2,1-4H3,(H,20,23);3-4H2,1-2H3. The highest BCUT2D eigenvalue weighted by atomic mass is 19.2. The van der Waals surface area contributed by atoms with Crippen LogP contribution in [0.3, 0.4) is 0 Å². The van der Waals surface area contributed by atoms with E-state index in [2.05, 4.69) is 79.1 Å². The lowest BCUT2D eigenvalue weighted by molar-refractivity contribution is -0.129. The second-order valence-corrected chi connectivity index (χ2v) is 14.4. The van der Waals surface area contributed by atoms with Gasteiger partial charge in [-0.25, -0.2) is 0 Å². The van der Waals surface area contributed by atoms with Crippen LogP contribution in [0.5, 0.6) is 0 Å². The quantitative estimate of drug-likeness (QED) is 0.0530. The Hall–Kier alpha value is -1.45. The predicted molar refractivity (Wildman–Crippen MR) is 223 cm³/mol. The third-order valence-corrected chi connectivity index (χ3v) is 8.58. The Labute approximate surface area is 327 Å². The molecule has 0 aromatic heterocycles. The fourth-order valence-electron chi connectivity index (χ4n) is 4.94. The van der Waals surface area contributed by atoms with Crippen molar-refractivity contribution in [1.82, 2.24) is 35.8 Å². The van der Waals surface area contributed by atoms with Crippen LogP contribution in [0.2, 0.25) is 0 Å². The number of carbonyl (C=O) groups is 2. The molecule has 0 aliphatic heterocycles. The van der Waals surface area contributed by atoms with E-state index in [-0.39, 0.29) is 37.2 Å². The molecule has 320 valence electrons. The average Bonchev–Trinajstić information content (AvgIpc) is 3.16. The van der Waals surface area contributed by atoms with E-state index in [0.29, 0.717) is 19.6 Å². The topological polar surface area (TPSA) is 128 Å². The molecule has 0 aliphatic rings. The van der Waals surface area contributed by atoms with Crippen molar-refractivity contribution in [2.24, 2.45) is 5.73 Å². The molecular weight excluding hydrogens is 675 g/mol. The molecule has 0 saturated heterocycles. The molecule has 0 heterocycles. The van der Waals surface area contributed by atoms with Gasteiger partial charge in [0.1, 0.15) is 13.2 Å². The molecule has 0 aromatic rings. The first-order valence-electron chi connectivity index (χ1n) is 21.0. The minimum Gasteiger partial charge on any atom is -0.367 e. The maximum Gasteiger partial charge on any atom is 0.246 e. The fourth-order valence-corrected chi connectivity index (χ4v) is 4.94. The number of nitrogens with zero attached hydrogens (tertiary/aromatic N) is 4. The molecule has 12 nitrogen and oxygen atoms in total. The van der Waals surface area contributed by atoms with Gasteiger partial charge in [-0.15, -0.1) is 4.48 Å². The molecule has 0 rings (SSSR count). The molecule has 2 amide bonds. The molecular formula is C40H89FN8O4. The van der Waals surface area contributed by atoms with Gasteiger partial charge >= 0.3 is 0 Å². The van der Waals surface area contributed by atoms with Gasteiger partial charge in [0.15, 0.2) is 0 Å². The lowest BCUT2D eigenvalue weighted by Gasteiger charge is -2.26. The van der Waals surface area contributed by atoms with Gasteiger partial charge in [0.25, 0.3) is 0 Å². The molecule has 0 bridgehead atoms. The van der Waals surface area contributed by atoms with Crippen molar-refractivity contribution in [3.63, 3.8) is 0 Å². The molecule has 53 heavy (non-hydrogen) atoms. The molecule has 13 heteroatoms. The van der Waals surface area contributed by atoms with Crippen LogP contribution in [0.1, 0.15) is 119 Å². The molecule has 2 unspecified atom stereocenters. The number of rotatable bonds is 34. The van der Waals surface area contributed by atoms with E-state index in [4.69, 9.17) is 15.2 Å². The van der Waals surface area contributed by atoms with E-state index in [1.807, 2.05) is 20.9 Å². The summed E-state index contributed by atoms with van der Waals surface area (Å²) < 4.78 is 23.7. The minimum absolute atomic E-state index is 0.0189. The van der Waals surface area contributed by atoms with Crippen LogP contribution in [0.15, 0.2) is 0 Å². The molecule has 5 N–H and O–H groups in total. The van der Waals surface area contributed by atoms with Crippen LogP contribution < -0.4 is 21.9 Å². The Morgan fingerprint density at radius 3 is 1.28 bits per heavy atom. The maximum atomic E-state index is 11.9. The number of hydrogen-bond donors (Lipinski definition) is 4. The minimum atomic E-state index is -0.0505. The van der Waals surface area contributed by atoms with Gasteiger partial charge in [0, 0.05) is 45.8 Å². The summed E-state index contributed by atoms with van der Waals surface area (Å²) in [6.07, 6.45) is 12.9. The number of hydrogen-bond acceptors (Lipinski definition) is 10. The summed E-state index contributed by atoms with van der Waals surface area (Å²) in [6, 6.07) is 0. The number of nitrogens with one attached hydrogen (secondary N) is 3. The Morgan fingerprint density at radius 2 is 0.943 bits per heavy atom. The number of carbonyl (C=O) groups excluding carboxylic acids is 2. The summed E-state index contributed by atoms with van der Waals surface area (Å²) in [7, 11) is 8.37. The van der Waals surface area contributed by atoms with Crippen molar-refractivity contribution in [2.75, 3.05) is 120 Å². The Morgan fingerprint density at radius 1 is 0.547 bits per heavy atom. The SMILES string of the molecule is CCCC.CCCCN(C)CC(CCN(C)CCCN)OCC(=O)NCCC.CCCCN(C)CC(CCN(C)CCCNF)OCC(=O)NCCC. The van der Waals surface area contributed by atoms with Gasteiger partial charge in [-0.1, -0.05) is 67.2 Å². The summed E-state index contributed by atoms with van der Waals surface area (Å²) in [4.78, 5) is 32.6. The molecule has 0 fully saturated rings. The van der Waals surface area contributed by atoms with Gasteiger partial charge in [-0.05, 0) is 112 Å².